The molecule has 0 saturated carbocycles. The zero-order valence-corrected chi connectivity index (χ0v) is 16.1. The molecule has 1 aromatic heterocycles. The highest BCUT2D eigenvalue weighted by Crippen LogP contribution is 2.31. The van der Waals surface area contributed by atoms with Crippen LogP contribution in [0.4, 0.5) is 0 Å². The lowest BCUT2D eigenvalue weighted by molar-refractivity contribution is 0.398. The first-order valence-electron chi connectivity index (χ1n) is 5.88. The summed E-state index contributed by atoms with van der Waals surface area (Å²) in [6.45, 7) is 0.231. The maximum Gasteiger partial charge on any atom is 0.253 e. The van der Waals surface area contributed by atoms with E-state index in [-0.39, 0.29) is 6.54 Å². The van der Waals surface area contributed by atoms with Crippen molar-refractivity contribution in [3.05, 3.63) is 44.2 Å². The number of hydrogen-bond acceptors (Lipinski definition) is 4. The molecule has 1 heterocycles. The second-order valence-electron chi connectivity index (χ2n) is 4.27. The van der Waals surface area contributed by atoms with Gasteiger partial charge in [0.05, 0.1) is 7.11 Å². The molecule has 0 aliphatic carbocycles. The van der Waals surface area contributed by atoms with Gasteiger partial charge in [-0.2, -0.15) is 4.31 Å². The molecule has 21 heavy (non-hydrogen) atoms. The Balaban J connectivity index is 2.32. The van der Waals surface area contributed by atoms with Crippen LogP contribution in [0.3, 0.4) is 0 Å². The van der Waals surface area contributed by atoms with Crippen molar-refractivity contribution in [2.45, 2.75) is 10.8 Å². The maximum absolute atomic E-state index is 12.6. The third kappa shape index (κ3) is 3.68. The van der Waals surface area contributed by atoms with Gasteiger partial charge in [-0.3, -0.25) is 0 Å². The number of hydrogen-bond donors (Lipinski definition) is 0. The average Bonchev–Trinajstić information content (AvgIpc) is 2.86. The SMILES string of the molecule is COc1ccc(Br)cc1CN(C)S(=O)(=O)c1sccc1Br. The first-order chi connectivity index (χ1) is 9.86. The number of benzene rings is 1. The largest absolute Gasteiger partial charge is 0.496 e. The number of ether oxygens (including phenoxy) is 1. The van der Waals surface area contributed by atoms with Crippen molar-refractivity contribution in [3.8, 4) is 5.75 Å². The summed E-state index contributed by atoms with van der Waals surface area (Å²) < 4.78 is 33.5. The van der Waals surface area contributed by atoms with Gasteiger partial charge >= 0.3 is 0 Å². The van der Waals surface area contributed by atoms with Gasteiger partial charge in [0, 0.05) is 28.1 Å². The van der Waals surface area contributed by atoms with Crippen LogP contribution in [0.25, 0.3) is 0 Å². The molecule has 1 aromatic carbocycles. The van der Waals surface area contributed by atoms with Crippen LogP contribution in [-0.4, -0.2) is 26.9 Å². The van der Waals surface area contributed by atoms with E-state index in [0.29, 0.717) is 14.4 Å². The fourth-order valence-electron chi connectivity index (χ4n) is 1.80. The highest BCUT2D eigenvalue weighted by Gasteiger charge is 2.25. The quantitative estimate of drug-likeness (QED) is 0.683. The van der Waals surface area contributed by atoms with Crippen molar-refractivity contribution in [3.63, 3.8) is 0 Å². The lowest BCUT2D eigenvalue weighted by Crippen LogP contribution is -2.26. The summed E-state index contributed by atoms with van der Waals surface area (Å²) in [6, 6.07) is 7.24. The smallest absolute Gasteiger partial charge is 0.253 e. The number of halogens is 2. The highest BCUT2D eigenvalue weighted by molar-refractivity contribution is 9.10. The van der Waals surface area contributed by atoms with Crippen molar-refractivity contribution in [1.82, 2.24) is 4.31 Å². The molecule has 4 nitrogen and oxygen atoms in total. The minimum absolute atomic E-state index is 0.231. The Bertz CT molecular complexity index is 744. The molecule has 0 amide bonds. The second kappa shape index (κ2) is 6.78. The van der Waals surface area contributed by atoms with Gasteiger partial charge in [0.2, 0.25) is 0 Å². The van der Waals surface area contributed by atoms with E-state index in [0.717, 1.165) is 10.0 Å². The molecule has 0 spiro atoms. The average molecular weight is 455 g/mol. The van der Waals surface area contributed by atoms with Crippen LogP contribution >= 0.6 is 43.2 Å². The van der Waals surface area contributed by atoms with Crippen molar-refractivity contribution in [2.75, 3.05) is 14.2 Å². The van der Waals surface area contributed by atoms with Crippen molar-refractivity contribution >= 4 is 53.2 Å². The molecule has 0 radical (unpaired) electrons. The van der Waals surface area contributed by atoms with Crippen molar-refractivity contribution < 1.29 is 13.2 Å². The fourth-order valence-corrected chi connectivity index (χ4v) is 5.86. The van der Waals surface area contributed by atoms with Crippen molar-refractivity contribution in [1.29, 1.82) is 0 Å². The molecule has 2 aromatic rings. The summed E-state index contributed by atoms with van der Waals surface area (Å²) in [6.07, 6.45) is 0. The molecule has 0 aliphatic rings. The van der Waals surface area contributed by atoms with Gasteiger partial charge in [-0.05, 0) is 45.6 Å². The zero-order valence-electron chi connectivity index (χ0n) is 11.3. The van der Waals surface area contributed by atoms with E-state index in [4.69, 9.17) is 4.74 Å². The summed E-state index contributed by atoms with van der Waals surface area (Å²) in [4.78, 5) is 0. The molecule has 0 N–H and O–H groups in total. The molecule has 0 aliphatic heterocycles. The number of thiophene rings is 1. The lowest BCUT2D eigenvalue weighted by Gasteiger charge is -2.18. The summed E-state index contributed by atoms with van der Waals surface area (Å²) in [7, 11) is -0.404. The number of methoxy groups -OCH3 is 1. The van der Waals surface area contributed by atoms with Gasteiger partial charge in [-0.1, -0.05) is 15.9 Å². The zero-order chi connectivity index (χ0) is 15.6. The van der Waals surface area contributed by atoms with E-state index in [1.165, 1.54) is 15.6 Å². The van der Waals surface area contributed by atoms with Gasteiger partial charge in [-0.15, -0.1) is 11.3 Å². The van der Waals surface area contributed by atoms with E-state index < -0.39 is 10.0 Å². The Morgan fingerprint density at radius 1 is 1.29 bits per heavy atom. The number of rotatable bonds is 5. The molecule has 0 atom stereocenters. The topological polar surface area (TPSA) is 46.6 Å². The Hall–Kier alpha value is -0.410. The predicted molar refractivity (Wildman–Crippen MR) is 91.4 cm³/mol. The summed E-state index contributed by atoms with van der Waals surface area (Å²) in [5.41, 5.74) is 0.797. The summed E-state index contributed by atoms with van der Waals surface area (Å²) in [5, 5.41) is 1.74. The minimum Gasteiger partial charge on any atom is -0.496 e. The van der Waals surface area contributed by atoms with Crippen molar-refractivity contribution in [2.24, 2.45) is 0 Å². The van der Waals surface area contributed by atoms with Crippen LogP contribution in [0.1, 0.15) is 5.56 Å². The van der Waals surface area contributed by atoms with Crippen LogP contribution in [-0.2, 0) is 16.6 Å². The van der Waals surface area contributed by atoms with Gasteiger partial charge < -0.3 is 4.74 Å². The molecule has 0 fully saturated rings. The van der Waals surface area contributed by atoms with Crippen LogP contribution in [0.15, 0.2) is 42.8 Å². The standard InChI is InChI=1S/C13H13Br2NO3S2/c1-16(21(17,18)13-11(15)5-6-20-13)8-9-7-10(14)3-4-12(9)19-2/h3-7H,8H2,1-2H3. The third-order valence-electron chi connectivity index (χ3n) is 2.86. The first kappa shape index (κ1) is 17.0. The maximum atomic E-state index is 12.6. The highest BCUT2D eigenvalue weighted by atomic mass is 79.9. The third-order valence-corrected chi connectivity index (χ3v) is 7.81. The van der Waals surface area contributed by atoms with Crippen LogP contribution in [0.2, 0.25) is 0 Å². The lowest BCUT2D eigenvalue weighted by atomic mass is 10.2. The molecular weight excluding hydrogens is 442 g/mol. The van der Waals surface area contributed by atoms with Gasteiger partial charge in [-0.25, -0.2) is 8.42 Å². The van der Waals surface area contributed by atoms with E-state index in [1.54, 1.807) is 31.7 Å². The van der Waals surface area contributed by atoms with Gasteiger partial charge in [0.25, 0.3) is 10.0 Å². The Morgan fingerprint density at radius 3 is 2.57 bits per heavy atom. The van der Waals surface area contributed by atoms with E-state index in [2.05, 4.69) is 31.9 Å². The summed E-state index contributed by atoms with van der Waals surface area (Å²) >= 11 is 7.85. The predicted octanol–water partition coefficient (Wildman–Crippen LogP) is 4.10. The minimum atomic E-state index is -3.53. The Labute approximate surface area is 145 Å². The monoisotopic (exact) mass is 453 g/mol. The second-order valence-corrected chi connectivity index (χ2v) is 9.20. The van der Waals surface area contributed by atoms with Gasteiger partial charge in [0.1, 0.15) is 9.96 Å². The van der Waals surface area contributed by atoms with Gasteiger partial charge in [0.15, 0.2) is 0 Å². The molecule has 0 bridgehead atoms. The number of nitrogens with zero attached hydrogens (tertiary/aromatic N) is 1. The molecule has 2 rings (SSSR count). The normalized spacial score (nSPS) is 11.9. The Kier molecular flexibility index (Phi) is 5.48. The Morgan fingerprint density at radius 2 is 2.00 bits per heavy atom. The van der Waals surface area contributed by atoms with Crippen LogP contribution < -0.4 is 4.74 Å². The van der Waals surface area contributed by atoms with E-state index in [9.17, 15) is 8.42 Å². The molecular formula is C13H13Br2NO3S2. The van der Waals surface area contributed by atoms with E-state index >= 15 is 0 Å². The van der Waals surface area contributed by atoms with E-state index in [1.807, 2.05) is 12.1 Å². The number of sulfonamides is 1. The molecule has 8 heteroatoms. The molecule has 114 valence electrons. The van der Waals surface area contributed by atoms with Crippen LogP contribution in [0, 0.1) is 0 Å². The van der Waals surface area contributed by atoms with Crippen LogP contribution in [0.5, 0.6) is 5.75 Å². The molecule has 0 unspecified atom stereocenters. The first-order valence-corrected chi connectivity index (χ1v) is 9.78. The molecule has 0 saturated heterocycles. The fraction of sp³-hybridized carbons (Fsp3) is 0.231. The summed E-state index contributed by atoms with van der Waals surface area (Å²) in [5.74, 6) is 0.658.